The SMILES string of the molecule is CCCc1c(-c2ccc(OCC3CO3)cc2)nn(-c2ccc(OCC3CO3)cc2)c1CCC. The Morgan fingerprint density at radius 3 is 1.88 bits per heavy atom. The Hall–Kier alpha value is -2.83. The van der Waals surface area contributed by atoms with Gasteiger partial charge in [-0.1, -0.05) is 26.7 Å². The molecule has 2 atom stereocenters. The molecular weight excluding hydrogens is 416 g/mol. The first-order valence-corrected chi connectivity index (χ1v) is 12.1. The van der Waals surface area contributed by atoms with Gasteiger partial charge in [-0.25, -0.2) is 4.68 Å². The van der Waals surface area contributed by atoms with Crippen LogP contribution in [0.4, 0.5) is 0 Å². The molecule has 0 radical (unpaired) electrons. The summed E-state index contributed by atoms with van der Waals surface area (Å²) in [5, 5.41) is 5.11. The minimum absolute atomic E-state index is 0.255. The van der Waals surface area contributed by atoms with Gasteiger partial charge in [-0.3, -0.25) is 0 Å². The van der Waals surface area contributed by atoms with E-state index < -0.39 is 0 Å². The highest BCUT2D eigenvalue weighted by Gasteiger charge is 2.24. The first-order chi connectivity index (χ1) is 16.2. The number of rotatable bonds is 12. The molecule has 0 spiro atoms. The second kappa shape index (κ2) is 9.98. The van der Waals surface area contributed by atoms with Gasteiger partial charge < -0.3 is 18.9 Å². The number of ether oxygens (including phenoxy) is 4. The number of benzene rings is 2. The van der Waals surface area contributed by atoms with Crippen LogP contribution in [0, 0.1) is 0 Å². The van der Waals surface area contributed by atoms with Crippen molar-refractivity contribution in [2.24, 2.45) is 0 Å². The fourth-order valence-corrected chi connectivity index (χ4v) is 4.04. The lowest BCUT2D eigenvalue weighted by Gasteiger charge is -2.10. The highest BCUT2D eigenvalue weighted by Crippen LogP contribution is 2.31. The average Bonchev–Trinajstić information content (AvgIpc) is 3.77. The molecule has 0 amide bonds. The molecule has 2 saturated heterocycles. The molecule has 6 nitrogen and oxygen atoms in total. The number of aromatic nitrogens is 2. The molecule has 2 aliphatic rings. The number of hydrogen-bond acceptors (Lipinski definition) is 5. The van der Waals surface area contributed by atoms with Crippen molar-refractivity contribution in [1.29, 1.82) is 0 Å². The van der Waals surface area contributed by atoms with E-state index in [2.05, 4.69) is 42.8 Å². The second-order valence-corrected chi connectivity index (χ2v) is 8.74. The van der Waals surface area contributed by atoms with Crippen LogP contribution in [-0.4, -0.2) is 48.4 Å². The highest BCUT2D eigenvalue weighted by atomic mass is 16.6. The van der Waals surface area contributed by atoms with Gasteiger partial charge in [0, 0.05) is 16.8 Å². The molecule has 3 heterocycles. The lowest BCUT2D eigenvalue weighted by atomic mass is 10.00. The molecule has 1 aromatic heterocycles. The first kappa shape index (κ1) is 22.0. The predicted molar refractivity (Wildman–Crippen MR) is 127 cm³/mol. The van der Waals surface area contributed by atoms with Crippen molar-refractivity contribution < 1.29 is 18.9 Å². The van der Waals surface area contributed by atoms with Crippen molar-refractivity contribution in [1.82, 2.24) is 9.78 Å². The van der Waals surface area contributed by atoms with E-state index >= 15 is 0 Å². The van der Waals surface area contributed by atoms with E-state index in [0.717, 1.165) is 67.3 Å². The summed E-state index contributed by atoms with van der Waals surface area (Å²) in [5.41, 5.74) is 5.87. The normalized spacial score (nSPS) is 18.8. The van der Waals surface area contributed by atoms with Crippen molar-refractivity contribution in [3.05, 3.63) is 59.8 Å². The van der Waals surface area contributed by atoms with Crippen LogP contribution in [-0.2, 0) is 22.3 Å². The molecule has 0 N–H and O–H groups in total. The molecule has 3 aromatic rings. The van der Waals surface area contributed by atoms with Crippen molar-refractivity contribution in [3.63, 3.8) is 0 Å². The zero-order valence-electron chi connectivity index (χ0n) is 19.5. The van der Waals surface area contributed by atoms with Crippen molar-refractivity contribution in [2.45, 2.75) is 51.7 Å². The zero-order valence-corrected chi connectivity index (χ0v) is 19.5. The second-order valence-electron chi connectivity index (χ2n) is 8.74. The third kappa shape index (κ3) is 5.40. The maximum absolute atomic E-state index is 5.81. The third-order valence-corrected chi connectivity index (χ3v) is 5.96. The molecule has 2 aromatic carbocycles. The van der Waals surface area contributed by atoms with Gasteiger partial charge >= 0.3 is 0 Å². The third-order valence-electron chi connectivity index (χ3n) is 5.96. The smallest absolute Gasteiger partial charge is 0.119 e. The minimum Gasteiger partial charge on any atom is -0.491 e. The quantitative estimate of drug-likeness (QED) is 0.365. The summed E-state index contributed by atoms with van der Waals surface area (Å²) in [7, 11) is 0. The maximum atomic E-state index is 5.81. The zero-order chi connectivity index (χ0) is 22.6. The summed E-state index contributed by atoms with van der Waals surface area (Å²) in [6, 6.07) is 16.5. The van der Waals surface area contributed by atoms with Crippen LogP contribution in [0.3, 0.4) is 0 Å². The Morgan fingerprint density at radius 1 is 0.818 bits per heavy atom. The highest BCUT2D eigenvalue weighted by molar-refractivity contribution is 5.66. The molecule has 0 saturated carbocycles. The lowest BCUT2D eigenvalue weighted by Crippen LogP contribution is -2.05. The van der Waals surface area contributed by atoms with Crippen LogP contribution < -0.4 is 9.47 Å². The van der Waals surface area contributed by atoms with E-state index in [1.54, 1.807) is 0 Å². The van der Waals surface area contributed by atoms with Crippen LogP contribution in [0.25, 0.3) is 16.9 Å². The van der Waals surface area contributed by atoms with E-state index in [4.69, 9.17) is 24.0 Å². The molecule has 6 heteroatoms. The number of epoxide rings is 2. The Balaban J connectivity index is 1.42. The van der Waals surface area contributed by atoms with Gasteiger partial charge in [-0.2, -0.15) is 5.10 Å². The topological polar surface area (TPSA) is 61.3 Å². The van der Waals surface area contributed by atoms with Crippen LogP contribution in [0.2, 0.25) is 0 Å². The molecule has 5 rings (SSSR count). The molecule has 33 heavy (non-hydrogen) atoms. The fourth-order valence-electron chi connectivity index (χ4n) is 4.04. The molecule has 174 valence electrons. The van der Waals surface area contributed by atoms with Gasteiger partial charge in [0.2, 0.25) is 0 Å². The monoisotopic (exact) mass is 448 g/mol. The Morgan fingerprint density at radius 2 is 1.36 bits per heavy atom. The number of nitrogens with zero attached hydrogens (tertiary/aromatic N) is 2. The van der Waals surface area contributed by atoms with Gasteiger partial charge in [0.1, 0.15) is 36.9 Å². The van der Waals surface area contributed by atoms with Gasteiger partial charge in [0.15, 0.2) is 0 Å². The molecule has 0 aliphatic carbocycles. The summed E-state index contributed by atoms with van der Waals surface area (Å²) >= 11 is 0. The van der Waals surface area contributed by atoms with Crippen LogP contribution in [0.15, 0.2) is 48.5 Å². The summed E-state index contributed by atoms with van der Waals surface area (Å²) in [5.74, 6) is 1.73. The van der Waals surface area contributed by atoms with Crippen molar-refractivity contribution in [2.75, 3.05) is 26.4 Å². The van der Waals surface area contributed by atoms with E-state index in [-0.39, 0.29) is 12.2 Å². The largest absolute Gasteiger partial charge is 0.491 e. The maximum Gasteiger partial charge on any atom is 0.119 e. The summed E-state index contributed by atoms with van der Waals surface area (Å²) in [6.45, 7) is 7.28. The van der Waals surface area contributed by atoms with E-state index in [0.29, 0.717) is 13.2 Å². The van der Waals surface area contributed by atoms with Gasteiger partial charge in [-0.15, -0.1) is 0 Å². The Bertz CT molecular complexity index is 967. The molecule has 2 unspecified atom stereocenters. The van der Waals surface area contributed by atoms with Crippen molar-refractivity contribution in [3.8, 4) is 28.4 Å². The Labute approximate surface area is 195 Å². The molecule has 2 fully saturated rings. The van der Waals surface area contributed by atoms with E-state index in [9.17, 15) is 0 Å². The van der Waals surface area contributed by atoms with Gasteiger partial charge in [0.25, 0.3) is 0 Å². The standard InChI is InChI=1S/C27H32N2O4/c1-3-5-25-26(6-4-2)29(20-9-13-22(14-10-20)31-16-24-18-33-24)28-27(25)19-7-11-21(12-8-19)30-15-23-17-32-23/h7-14,23-24H,3-6,15-18H2,1-2H3. The fraction of sp³-hybridized carbons (Fsp3) is 0.444. The molecular formula is C27H32N2O4. The molecule has 2 aliphatic heterocycles. The van der Waals surface area contributed by atoms with E-state index in [1.807, 2.05) is 24.3 Å². The number of hydrogen-bond donors (Lipinski definition) is 0. The van der Waals surface area contributed by atoms with Gasteiger partial charge in [-0.05, 0) is 61.4 Å². The lowest BCUT2D eigenvalue weighted by molar-refractivity contribution is 0.263. The first-order valence-electron chi connectivity index (χ1n) is 12.1. The average molecular weight is 449 g/mol. The minimum atomic E-state index is 0.255. The molecule has 0 bridgehead atoms. The van der Waals surface area contributed by atoms with Crippen LogP contribution >= 0.6 is 0 Å². The predicted octanol–water partition coefficient (Wildman–Crippen LogP) is 5.00. The summed E-state index contributed by atoms with van der Waals surface area (Å²) in [6.07, 6.45) is 4.65. The van der Waals surface area contributed by atoms with Crippen LogP contribution in [0.1, 0.15) is 37.9 Å². The van der Waals surface area contributed by atoms with Crippen molar-refractivity contribution >= 4 is 0 Å². The summed E-state index contributed by atoms with van der Waals surface area (Å²) < 4.78 is 24.2. The Kier molecular flexibility index (Phi) is 6.65. The summed E-state index contributed by atoms with van der Waals surface area (Å²) in [4.78, 5) is 0. The van der Waals surface area contributed by atoms with Gasteiger partial charge in [0.05, 0.1) is 24.6 Å². The van der Waals surface area contributed by atoms with E-state index in [1.165, 1.54) is 11.3 Å². The van der Waals surface area contributed by atoms with Crippen LogP contribution in [0.5, 0.6) is 11.5 Å².